The number of aromatic nitrogens is 2. The summed E-state index contributed by atoms with van der Waals surface area (Å²) in [7, 11) is 1.61. The van der Waals surface area contributed by atoms with Gasteiger partial charge in [0.2, 0.25) is 0 Å². The number of carbonyl (C=O) groups is 1. The fourth-order valence-electron chi connectivity index (χ4n) is 3.04. The zero-order valence-corrected chi connectivity index (χ0v) is 14.7. The van der Waals surface area contributed by atoms with Gasteiger partial charge in [0.15, 0.2) is 0 Å². The molecule has 25 heavy (non-hydrogen) atoms. The van der Waals surface area contributed by atoms with Crippen molar-refractivity contribution in [2.75, 3.05) is 7.11 Å². The number of hydrogen-bond donors (Lipinski definition) is 2. The molecule has 0 spiro atoms. The molecule has 5 nitrogen and oxygen atoms in total. The second kappa shape index (κ2) is 6.10. The van der Waals surface area contributed by atoms with Gasteiger partial charge in [-0.1, -0.05) is 41.4 Å². The van der Waals surface area contributed by atoms with Crippen LogP contribution in [0.5, 0.6) is 5.75 Å². The maximum atomic E-state index is 12.3. The van der Waals surface area contributed by atoms with Crippen molar-refractivity contribution >= 4 is 29.1 Å². The Morgan fingerprint density at radius 1 is 1.16 bits per heavy atom. The molecular formula is C18H13Cl2N3O2. The van der Waals surface area contributed by atoms with Crippen LogP contribution in [-0.4, -0.2) is 23.2 Å². The average molecular weight is 374 g/mol. The van der Waals surface area contributed by atoms with Gasteiger partial charge < -0.3 is 10.1 Å². The molecule has 2 aromatic carbocycles. The van der Waals surface area contributed by atoms with E-state index in [0.29, 0.717) is 27.2 Å². The molecule has 0 aliphatic carbocycles. The first kappa shape index (κ1) is 16.0. The summed E-state index contributed by atoms with van der Waals surface area (Å²) in [6, 6.07) is 12.4. The largest absolute Gasteiger partial charge is 0.497 e. The molecule has 126 valence electrons. The van der Waals surface area contributed by atoms with Crippen LogP contribution in [-0.2, 0) is 0 Å². The summed E-state index contributed by atoms with van der Waals surface area (Å²) < 4.78 is 5.28. The average Bonchev–Trinajstić information content (AvgIpc) is 3.17. The summed E-state index contributed by atoms with van der Waals surface area (Å²) in [6.07, 6.45) is 0. The van der Waals surface area contributed by atoms with Crippen LogP contribution >= 0.6 is 23.2 Å². The van der Waals surface area contributed by atoms with E-state index in [0.717, 1.165) is 16.7 Å². The summed E-state index contributed by atoms with van der Waals surface area (Å²) in [5, 5.41) is 11.2. The summed E-state index contributed by atoms with van der Waals surface area (Å²) in [5.41, 5.74) is 3.51. The van der Waals surface area contributed by atoms with Gasteiger partial charge in [-0.15, -0.1) is 0 Å². The molecule has 2 heterocycles. The van der Waals surface area contributed by atoms with Gasteiger partial charge in [-0.05, 0) is 29.8 Å². The van der Waals surface area contributed by atoms with Gasteiger partial charge in [0.25, 0.3) is 5.91 Å². The van der Waals surface area contributed by atoms with Crippen LogP contribution in [0.1, 0.15) is 27.7 Å². The molecule has 1 amide bonds. The standard InChI is InChI=1S/C18H13Cl2N3O2/c1-25-11-4-2-3-9(7-11)15-14-16(21-18(24)17(14)23-22-15)12-6-5-10(19)8-13(12)20/h2-8,16H,1H3,(H,21,24)(H,22,23)/t16-/m1/s1. The van der Waals surface area contributed by atoms with Gasteiger partial charge in [-0.25, -0.2) is 0 Å². The van der Waals surface area contributed by atoms with Crippen molar-refractivity contribution in [2.24, 2.45) is 0 Å². The molecule has 0 radical (unpaired) electrons. The molecule has 2 N–H and O–H groups in total. The van der Waals surface area contributed by atoms with E-state index in [2.05, 4.69) is 15.5 Å². The van der Waals surface area contributed by atoms with Crippen molar-refractivity contribution in [3.63, 3.8) is 0 Å². The third-order valence-corrected chi connectivity index (χ3v) is 4.77. The minimum absolute atomic E-state index is 0.215. The summed E-state index contributed by atoms with van der Waals surface area (Å²) >= 11 is 12.3. The first-order valence-corrected chi connectivity index (χ1v) is 8.32. The Bertz CT molecular complexity index is 984. The monoisotopic (exact) mass is 373 g/mol. The van der Waals surface area contributed by atoms with Crippen LogP contribution in [0.3, 0.4) is 0 Å². The van der Waals surface area contributed by atoms with Crippen molar-refractivity contribution in [1.29, 1.82) is 0 Å². The van der Waals surface area contributed by atoms with Crippen LogP contribution in [0.2, 0.25) is 10.0 Å². The van der Waals surface area contributed by atoms with E-state index >= 15 is 0 Å². The Hall–Kier alpha value is -2.50. The molecule has 1 aliphatic heterocycles. The van der Waals surface area contributed by atoms with E-state index in [1.165, 1.54) is 0 Å². The van der Waals surface area contributed by atoms with Crippen LogP contribution in [0.15, 0.2) is 42.5 Å². The van der Waals surface area contributed by atoms with Gasteiger partial charge in [0.05, 0.1) is 18.8 Å². The number of methoxy groups -OCH3 is 1. The Kier molecular flexibility index (Phi) is 3.90. The molecule has 7 heteroatoms. The molecule has 0 fully saturated rings. The minimum Gasteiger partial charge on any atom is -0.497 e. The lowest BCUT2D eigenvalue weighted by Crippen LogP contribution is -2.21. The summed E-state index contributed by atoms with van der Waals surface area (Å²) in [5.74, 6) is 0.500. The van der Waals surface area contributed by atoms with E-state index in [1.54, 1.807) is 19.2 Å². The number of aromatic amines is 1. The molecule has 1 atom stereocenters. The molecule has 0 bridgehead atoms. The highest BCUT2D eigenvalue weighted by Gasteiger charge is 2.36. The quantitative estimate of drug-likeness (QED) is 0.721. The molecule has 1 aromatic heterocycles. The van der Waals surface area contributed by atoms with Crippen molar-refractivity contribution in [3.8, 4) is 17.0 Å². The molecule has 0 saturated heterocycles. The molecule has 1 aliphatic rings. The Morgan fingerprint density at radius 3 is 2.76 bits per heavy atom. The number of fused-ring (bicyclic) bond motifs is 1. The fourth-order valence-corrected chi connectivity index (χ4v) is 3.56. The number of carbonyl (C=O) groups excluding carboxylic acids is 1. The molecule has 4 rings (SSSR count). The lowest BCUT2D eigenvalue weighted by molar-refractivity contribution is 0.0955. The normalized spacial score (nSPS) is 15.8. The topological polar surface area (TPSA) is 67.0 Å². The number of rotatable bonds is 3. The lowest BCUT2D eigenvalue weighted by Gasteiger charge is -2.15. The fraction of sp³-hybridized carbons (Fsp3) is 0.111. The van der Waals surface area contributed by atoms with Gasteiger partial charge in [-0.2, -0.15) is 5.10 Å². The maximum Gasteiger partial charge on any atom is 0.270 e. The summed E-state index contributed by atoms with van der Waals surface area (Å²) in [4.78, 5) is 12.3. The minimum atomic E-state index is -0.396. The number of ether oxygens (including phenoxy) is 1. The van der Waals surface area contributed by atoms with E-state index in [-0.39, 0.29) is 5.91 Å². The van der Waals surface area contributed by atoms with Gasteiger partial charge >= 0.3 is 0 Å². The highest BCUT2D eigenvalue weighted by Crippen LogP contribution is 2.40. The molecule has 0 saturated carbocycles. The molecule has 3 aromatic rings. The SMILES string of the molecule is COc1cccc(-c2n[nH]c3c2[C@@H](c2ccc(Cl)cc2Cl)NC3=O)c1. The van der Waals surface area contributed by atoms with Crippen molar-refractivity contribution in [2.45, 2.75) is 6.04 Å². The van der Waals surface area contributed by atoms with E-state index < -0.39 is 6.04 Å². The zero-order valence-electron chi connectivity index (χ0n) is 13.1. The number of halogens is 2. The van der Waals surface area contributed by atoms with Crippen LogP contribution in [0.25, 0.3) is 11.3 Å². The number of amides is 1. The number of nitrogens with one attached hydrogen (secondary N) is 2. The third kappa shape index (κ3) is 2.65. The van der Waals surface area contributed by atoms with E-state index in [9.17, 15) is 4.79 Å². The maximum absolute atomic E-state index is 12.3. The van der Waals surface area contributed by atoms with Crippen LogP contribution < -0.4 is 10.1 Å². The number of hydrogen-bond acceptors (Lipinski definition) is 3. The Morgan fingerprint density at radius 2 is 2.00 bits per heavy atom. The van der Waals surface area contributed by atoms with Gasteiger partial charge in [0.1, 0.15) is 11.4 Å². The first-order chi connectivity index (χ1) is 12.1. The smallest absolute Gasteiger partial charge is 0.270 e. The van der Waals surface area contributed by atoms with Crippen LogP contribution in [0, 0.1) is 0 Å². The van der Waals surface area contributed by atoms with Gasteiger partial charge in [0, 0.05) is 21.2 Å². The lowest BCUT2D eigenvalue weighted by atomic mass is 9.96. The van der Waals surface area contributed by atoms with Gasteiger partial charge in [-0.3, -0.25) is 9.89 Å². The molecular weight excluding hydrogens is 361 g/mol. The number of H-pyrrole nitrogens is 1. The second-order valence-electron chi connectivity index (χ2n) is 5.67. The van der Waals surface area contributed by atoms with Crippen LogP contribution in [0.4, 0.5) is 0 Å². The second-order valence-corrected chi connectivity index (χ2v) is 6.51. The third-order valence-electron chi connectivity index (χ3n) is 4.21. The van der Waals surface area contributed by atoms with Crippen molar-refractivity contribution in [3.05, 3.63) is 69.3 Å². The first-order valence-electron chi connectivity index (χ1n) is 7.57. The van der Waals surface area contributed by atoms with E-state index in [1.807, 2.05) is 30.3 Å². The predicted molar refractivity (Wildman–Crippen MR) is 96.3 cm³/mol. The predicted octanol–water partition coefficient (Wildman–Crippen LogP) is 4.22. The molecule has 0 unspecified atom stereocenters. The van der Waals surface area contributed by atoms with E-state index in [4.69, 9.17) is 27.9 Å². The van der Waals surface area contributed by atoms with Crippen molar-refractivity contribution < 1.29 is 9.53 Å². The Labute approximate surface area is 153 Å². The Balaban J connectivity index is 1.87. The number of nitrogens with zero attached hydrogens (tertiary/aromatic N) is 1. The highest BCUT2D eigenvalue weighted by molar-refractivity contribution is 6.35. The van der Waals surface area contributed by atoms with Crippen molar-refractivity contribution in [1.82, 2.24) is 15.5 Å². The number of benzene rings is 2. The summed E-state index contributed by atoms with van der Waals surface area (Å²) in [6.45, 7) is 0. The zero-order chi connectivity index (χ0) is 17.6. The highest BCUT2D eigenvalue weighted by atomic mass is 35.5.